The van der Waals surface area contributed by atoms with E-state index in [2.05, 4.69) is 0 Å². The van der Waals surface area contributed by atoms with Crippen molar-refractivity contribution >= 4 is 62.4 Å². The van der Waals surface area contributed by atoms with Crippen molar-refractivity contribution in [2.24, 2.45) is 0 Å². The van der Waals surface area contributed by atoms with E-state index in [1.807, 2.05) is 0 Å². The van der Waals surface area contributed by atoms with Crippen LogP contribution in [0.5, 0.6) is 0 Å². The van der Waals surface area contributed by atoms with Gasteiger partial charge in [-0.15, -0.1) is 0 Å². The van der Waals surface area contributed by atoms with Crippen LogP contribution in [0.3, 0.4) is 0 Å². The quantitative estimate of drug-likeness (QED) is 0.564. The third-order valence-corrected chi connectivity index (χ3v) is 3.60. The molecule has 0 aliphatic rings. The zero-order valence-corrected chi connectivity index (χ0v) is 10.6. The molecule has 0 atom stereocenters. The summed E-state index contributed by atoms with van der Waals surface area (Å²) in [5.41, 5.74) is -1.64. The van der Waals surface area contributed by atoms with E-state index in [-0.39, 0.29) is 40.3 Å². The number of aromatic carboxylic acids is 2. The fraction of sp³-hybridized carbons (Fsp3) is 0. The fourth-order valence-corrected chi connectivity index (χ4v) is 2.68. The summed E-state index contributed by atoms with van der Waals surface area (Å²) in [6.45, 7) is 0. The summed E-state index contributed by atoms with van der Waals surface area (Å²) >= 11 is 0. The second-order valence-corrected chi connectivity index (χ2v) is 5.32. The first kappa shape index (κ1) is 17.6. The molecule has 0 heterocycles. The van der Waals surface area contributed by atoms with E-state index in [4.69, 9.17) is 14.8 Å². The van der Waals surface area contributed by atoms with Crippen molar-refractivity contribution < 1.29 is 32.8 Å². The Balaban J connectivity index is 0.00000220. The van der Waals surface area contributed by atoms with Crippen molar-refractivity contribution in [3.8, 4) is 0 Å². The molecule has 0 unspecified atom stereocenters. The average molecular weight is 320 g/mol. The molecule has 0 amide bonds. The van der Waals surface area contributed by atoms with E-state index in [9.17, 15) is 18.0 Å². The molecule has 0 radical (unpaired) electrons. The monoisotopic (exact) mass is 320 g/mol. The van der Waals surface area contributed by atoms with E-state index in [0.29, 0.717) is 0 Å². The van der Waals surface area contributed by atoms with Crippen LogP contribution in [0, 0.1) is 0 Å². The Hall–Kier alpha value is -1.45. The Morgan fingerprint density at radius 1 is 0.952 bits per heavy atom. The maximum atomic E-state index is 11.3. The van der Waals surface area contributed by atoms with E-state index >= 15 is 0 Å². The van der Waals surface area contributed by atoms with Gasteiger partial charge in [0, 0.05) is 0 Å². The number of carboxylic acids is 2. The van der Waals surface area contributed by atoms with Crippen LogP contribution in [0.25, 0.3) is 10.8 Å². The first-order valence-electron chi connectivity index (χ1n) is 5.23. The van der Waals surface area contributed by atoms with Crippen molar-refractivity contribution in [3.63, 3.8) is 0 Å². The van der Waals surface area contributed by atoms with Crippen molar-refractivity contribution in [3.05, 3.63) is 41.5 Å². The summed E-state index contributed by atoms with van der Waals surface area (Å²) in [6, 6.07) is 6.73. The van der Waals surface area contributed by atoms with Gasteiger partial charge in [-0.2, -0.15) is 8.42 Å². The molecule has 7 nitrogen and oxygen atoms in total. The van der Waals surface area contributed by atoms with Gasteiger partial charge >= 0.3 is 41.5 Å². The van der Waals surface area contributed by atoms with Gasteiger partial charge in [-0.25, -0.2) is 9.59 Å². The van der Waals surface area contributed by atoms with Crippen LogP contribution >= 0.6 is 0 Å². The molecular formula is C12H9NaO7S. The second kappa shape index (κ2) is 6.12. The molecule has 3 N–H and O–H groups in total. The third-order valence-electron chi connectivity index (χ3n) is 2.72. The van der Waals surface area contributed by atoms with Gasteiger partial charge in [0.2, 0.25) is 0 Å². The van der Waals surface area contributed by atoms with E-state index < -0.39 is 38.1 Å². The van der Waals surface area contributed by atoms with E-state index in [1.54, 1.807) is 0 Å². The molecule has 0 fully saturated rings. The number of hydrogen-bond acceptors (Lipinski definition) is 4. The molecule has 9 heteroatoms. The molecule has 2 rings (SSSR count). The van der Waals surface area contributed by atoms with Gasteiger partial charge in [-0.05, 0) is 16.8 Å². The molecule has 0 aromatic heterocycles. The van der Waals surface area contributed by atoms with Crippen LogP contribution < -0.4 is 0 Å². The Kier molecular flexibility index (Phi) is 5.13. The molecule has 0 bridgehead atoms. The van der Waals surface area contributed by atoms with Crippen LogP contribution in [0.2, 0.25) is 0 Å². The molecule has 0 spiro atoms. The molecule has 0 saturated carbocycles. The van der Waals surface area contributed by atoms with Gasteiger partial charge in [0.05, 0.1) is 11.1 Å². The Labute approximate surface area is 141 Å². The summed E-state index contributed by atoms with van der Waals surface area (Å²) < 4.78 is 31.7. The summed E-state index contributed by atoms with van der Waals surface area (Å²) in [6.07, 6.45) is 0. The van der Waals surface area contributed by atoms with Crippen molar-refractivity contribution in [1.29, 1.82) is 0 Å². The second-order valence-electron chi connectivity index (χ2n) is 3.93. The number of fused-ring (bicyclic) bond motifs is 1. The van der Waals surface area contributed by atoms with Crippen molar-refractivity contribution in [2.75, 3.05) is 0 Å². The summed E-state index contributed by atoms with van der Waals surface area (Å²) in [4.78, 5) is 21.5. The van der Waals surface area contributed by atoms with Crippen LogP contribution in [-0.2, 0) is 10.1 Å². The molecule has 0 aliphatic carbocycles. The standard InChI is InChI=1S/C12H8O7S.Na.H/c13-11(14)9-7-4-2-1-3-6(7)5-8(20(17,18)19)10(9)12(15)16;;/h1-5H,(H,13,14)(H,15,16)(H,17,18,19);;. The van der Waals surface area contributed by atoms with Crippen LogP contribution in [-0.4, -0.2) is 64.7 Å². The van der Waals surface area contributed by atoms with Gasteiger partial charge in [0.25, 0.3) is 10.1 Å². The molecule has 21 heavy (non-hydrogen) atoms. The fourth-order valence-electron chi connectivity index (χ4n) is 1.96. The van der Waals surface area contributed by atoms with Gasteiger partial charge < -0.3 is 10.2 Å². The Bertz CT molecular complexity index is 842. The first-order chi connectivity index (χ1) is 9.23. The summed E-state index contributed by atoms with van der Waals surface area (Å²) in [7, 11) is -4.87. The number of rotatable bonds is 3. The molecule has 2 aromatic carbocycles. The number of hydrogen-bond donors (Lipinski definition) is 3. The zero-order valence-electron chi connectivity index (χ0n) is 9.77. The molecule has 0 saturated heterocycles. The molecular weight excluding hydrogens is 311 g/mol. The average Bonchev–Trinajstić information content (AvgIpc) is 2.34. The number of benzene rings is 2. The molecule has 0 aliphatic heterocycles. The number of carboxylic acid groups (broad SMARTS) is 2. The van der Waals surface area contributed by atoms with Crippen molar-refractivity contribution in [2.45, 2.75) is 4.90 Å². The van der Waals surface area contributed by atoms with Crippen LogP contribution in [0.4, 0.5) is 0 Å². The third kappa shape index (κ3) is 3.25. The summed E-state index contributed by atoms with van der Waals surface area (Å²) in [5, 5.41) is 18.5. The minimum atomic E-state index is -4.87. The molecule has 106 valence electrons. The zero-order chi connectivity index (χ0) is 15.1. The molecule has 2 aromatic rings. The topological polar surface area (TPSA) is 129 Å². The summed E-state index contributed by atoms with van der Waals surface area (Å²) in [5.74, 6) is -3.34. The Morgan fingerprint density at radius 2 is 1.48 bits per heavy atom. The minimum absolute atomic E-state index is 0. The van der Waals surface area contributed by atoms with Gasteiger partial charge in [0.1, 0.15) is 4.90 Å². The van der Waals surface area contributed by atoms with Crippen LogP contribution in [0.15, 0.2) is 35.2 Å². The van der Waals surface area contributed by atoms with E-state index in [0.717, 1.165) is 6.07 Å². The first-order valence-corrected chi connectivity index (χ1v) is 6.67. The predicted molar refractivity (Wildman–Crippen MR) is 74.8 cm³/mol. The normalized spacial score (nSPS) is 10.9. The van der Waals surface area contributed by atoms with Gasteiger partial charge in [-0.1, -0.05) is 24.3 Å². The van der Waals surface area contributed by atoms with Crippen molar-refractivity contribution in [1.82, 2.24) is 0 Å². The Morgan fingerprint density at radius 3 is 1.95 bits per heavy atom. The van der Waals surface area contributed by atoms with Gasteiger partial charge in [0.15, 0.2) is 0 Å². The van der Waals surface area contributed by atoms with Crippen LogP contribution in [0.1, 0.15) is 20.7 Å². The van der Waals surface area contributed by atoms with Gasteiger partial charge in [-0.3, -0.25) is 4.55 Å². The maximum absolute atomic E-state index is 11.3. The number of carbonyl (C=O) groups is 2. The predicted octanol–water partition coefficient (Wildman–Crippen LogP) is 0.834. The van der Waals surface area contributed by atoms with E-state index in [1.165, 1.54) is 24.3 Å². The SMILES string of the molecule is O=C(O)c1c(S(=O)(=O)O)cc2ccccc2c1C(=O)O.[NaH].